The summed E-state index contributed by atoms with van der Waals surface area (Å²) in [6.45, 7) is 6.88. The smallest absolute Gasteiger partial charge is 0.105 e. The highest BCUT2D eigenvalue weighted by Crippen LogP contribution is 2.13. The molecule has 0 saturated heterocycles. The predicted molar refractivity (Wildman–Crippen MR) is 68.0 cm³/mol. The largest absolute Gasteiger partial charge is 0.466 e. The second-order valence-electron chi connectivity index (χ2n) is 4.29. The van der Waals surface area contributed by atoms with Crippen LogP contribution in [0, 0.1) is 13.8 Å². The number of rotatable bonds is 6. The first kappa shape index (κ1) is 13.5. The van der Waals surface area contributed by atoms with Gasteiger partial charge >= 0.3 is 0 Å². The van der Waals surface area contributed by atoms with Crippen molar-refractivity contribution in [2.45, 2.75) is 39.8 Å². The maximum Gasteiger partial charge on any atom is 0.105 e. The van der Waals surface area contributed by atoms with Crippen molar-refractivity contribution >= 4 is 10.8 Å². The fraction of sp³-hybridized carbons (Fsp3) is 0.667. The molecule has 1 N–H and O–H groups in total. The Balaban J connectivity index is 2.34. The van der Waals surface area contributed by atoms with Crippen LogP contribution in [0.15, 0.2) is 10.5 Å². The molecule has 92 valence electrons. The lowest BCUT2D eigenvalue weighted by molar-refractivity contribution is 0.491. The number of hydrogen-bond donors (Lipinski definition) is 1. The minimum absolute atomic E-state index is 0.388. The summed E-state index contributed by atoms with van der Waals surface area (Å²) in [5.74, 6) is 2.70. The molecule has 1 rings (SSSR count). The van der Waals surface area contributed by atoms with Gasteiger partial charge in [0.2, 0.25) is 0 Å². The van der Waals surface area contributed by atoms with E-state index in [-0.39, 0.29) is 0 Å². The Labute approximate surface area is 100 Å². The van der Waals surface area contributed by atoms with Gasteiger partial charge in [-0.1, -0.05) is 0 Å². The van der Waals surface area contributed by atoms with Gasteiger partial charge in [-0.3, -0.25) is 4.21 Å². The third-order valence-corrected chi connectivity index (χ3v) is 3.43. The topological polar surface area (TPSA) is 42.2 Å². The molecule has 0 fully saturated rings. The number of nitrogens with one attached hydrogen (secondary N) is 1. The van der Waals surface area contributed by atoms with Gasteiger partial charge in [0.15, 0.2) is 0 Å². The molecule has 1 aromatic heterocycles. The van der Waals surface area contributed by atoms with Crippen LogP contribution in [0.4, 0.5) is 0 Å². The lowest BCUT2D eigenvalue weighted by Gasteiger charge is -2.12. The molecule has 0 bridgehead atoms. The standard InChI is InChI=1S/C12H21NO2S/c1-9(5-6-16(4)14)13-8-12-7-10(2)15-11(12)3/h7,9,13H,5-6,8H2,1-4H3. The Morgan fingerprint density at radius 3 is 2.69 bits per heavy atom. The Bertz CT molecular complexity index is 360. The lowest BCUT2D eigenvalue weighted by atomic mass is 10.2. The molecule has 3 nitrogen and oxygen atoms in total. The van der Waals surface area contributed by atoms with Crippen LogP contribution < -0.4 is 5.32 Å². The van der Waals surface area contributed by atoms with Gasteiger partial charge in [0, 0.05) is 41.0 Å². The van der Waals surface area contributed by atoms with E-state index in [9.17, 15) is 4.21 Å². The molecule has 16 heavy (non-hydrogen) atoms. The molecule has 0 aliphatic carbocycles. The van der Waals surface area contributed by atoms with Crippen molar-refractivity contribution in [3.05, 3.63) is 23.2 Å². The highest BCUT2D eigenvalue weighted by molar-refractivity contribution is 7.84. The summed E-state index contributed by atoms with van der Waals surface area (Å²) in [6.07, 6.45) is 2.69. The molecule has 0 amide bonds. The Morgan fingerprint density at radius 2 is 2.19 bits per heavy atom. The molecule has 1 aromatic rings. The van der Waals surface area contributed by atoms with Gasteiger partial charge in [0.1, 0.15) is 11.5 Å². The van der Waals surface area contributed by atoms with E-state index in [0.29, 0.717) is 6.04 Å². The second kappa shape index (κ2) is 6.21. The fourth-order valence-corrected chi connectivity index (χ4v) is 2.27. The maximum absolute atomic E-state index is 10.9. The second-order valence-corrected chi connectivity index (χ2v) is 5.84. The van der Waals surface area contributed by atoms with E-state index in [4.69, 9.17) is 4.42 Å². The summed E-state index contributed by atoms with van der Waals surface area (Å²) >= 11 is 0. The van der Waals surface area contributed by atoms with Crippen molar-refractivity contribution in [3.63, 3.8) is 0 Å². The third-order valence-electron chi connectivity index (χ3n) is 2.62. The van der Waals surface area contributed by atoms with Crippen molar-refractivity contribution in [2.24, 2.45) is 0 Å². The molecule has 0 aliphatic rings. The monoisotopic (exact) mass is 243 g/mol. The zero-order valence-electron chi connectivity index (χ0n) is 10.5. The van der Waals surface area contributed by atoms with Gasteiger partial charge in [-0.2, -0.15) is 0 Å². The van der Waals surface area contributed by atoms with Gasteiger partial charge < -0.3 is 9.73 Å². The zero-order valence-corrected chi connectivity index (χ0v) is 11.3. The van der Waals surface area contributed by atoms with Crippen molar-refractivity contribution in [2.75, 3.05) is 12.0 Å². The Morgan fingerprint density at radius 1 is 1.50 bits per heavy atom. The van der Waals surface area contributed by atoms with Crippen LogP contribution in [-0.4, -0.2) is 22.3 Å². The zero-order chi connectivity index (χ0) is 12.1. The molecule has 2 unspecified atom stereocenters. The summed E-state index contributed by atoms with van der Waals surface area (Å²) < 4.78 is 16.4. The van der Waals surface area contributed by atoms with Gasteiger partial charge in [-0.15, -0.1) is 0 Å². The van der Waals surface area contributed by atoms with Crippen LogP contribution >= 0.6 is 0 Å². The Kier molecular flexibility index (Phi) is 5.22. The lowest BCUT2D eigenvalue weighted by Crippen LogP contribution is -2.27. The summed E-state index contributed by atoms with van der Waals surface area (Å²) in [5, 5.41) is 3.41. The van der Waals surface area contributed by atoms with E-state index < -0.39 is 10.8 Å². The van der Waals surface area contributed by atoms with Crippen LogP contribution in [-0.2, 0) is 17.3 Å². The molecular weight excluding hydrogens is 222 g/mol. The van der Waals surface area contributed by atoms with Gasteiger partial charge in [0.05, 0.1) is 0 Å². The van der Waals surface area contributed by atoms with Gasteiger partial charge in [-0.25, -0.2) is 0 Å². The number of aryl methyl sites for hydroxylation is 2. The average Bonchev–Trinajstić information content (AvgIpc) is 2.51. The van der Waals surface area contributed by atoms with E-state index in [1.807, 2.05) is 13.8 Å². The Hall–Kier alpha value is -0.610. The highest BCUT2D eigenvalue weighted by atomic mass is 32.2. The number of hydrogen-bond acceptors (Lipinski definition) is 3. The van der Waals surface area contributed by atoms with E-state index in [1.165, 1.54) is 5.56 Å². The van der Waals surface area contributed by atoms with E-state index in [0.717, 1.165) is 30.2 Å². The van der Waals surface area contributed by atoms with E-state index in [1.54, 1.807) is 6.26 Å². The molecule has 0 aliphatic heterocycles. The first-order valence-corrected chi connectivity index (χ1v) is 7.31. The first-order chi connectivity index (χ1) is 7.49. The predicted octanol–water partition coefficient (Wildman–Crippen LogP) is 2.14. The third kappa shape index (κ3) is 4.49. The van der Waals surface area contributed by atoms with Crippen molar-refractivity contribution in [1.29, 1.82) is 0 Å². The molecule has 0 saturated carbocycles. The van der Waals surface area contributed by atoms with Gasteiger partial charge in [0.25, 0.3) is 0 Å². The van der Waals surface area contributed by atoms with Crippen LogP contribution in [0.3, 0.4) is 0 Å². The summed E-state index contributed by atoms with van der Waals surface area (Å²) in [5.41, 5.74) is 1.21. The maximum atomic E-state index is 10.9. The van der Waals surface area contributed by atoms with Crippen molar-refractivity contribution < 1.29 is 8.63 Å². The normalized spacial score (nSPS) is 15.0. The van der Waals surface area contributed by atoms with E-state index in [2.05, 4.69) is 18.3 Å². The van der Waals surface area contributed by atoms with Gasteiger partial charge in [-0.05, 0) is 33.3 Å². The summed E-state index contributed by atoms with van der Waals surface area (Å²) in [4.78, 5) is 0. The van der Waals surface area contributed by atoms with Crippen LogP contribution in [0.2, 0.25) is 0 Å². The SMILES string of the molecule is Cc1cc(CNC(C)CCS(C)=O)c(C)o1. The fourth-order valence-electron chi connectivity index (χ4n) is 1.59. The van der Waals surface area contributed by atoms with Crippen LogP contribution in [0.5, 0.6) is 0 Å². The van der Waals surface area contributed by atoms with Crippen LogP contribution in [0.1, 0.15) is 30.4 Å². The minimum Gasteiger partial charge on any atom is -0.466 e. The van der Waals surface area contributed by atoms with Crippen LogP contribution in [0.25, 0.3) is 0 Å². The molecule has 0 aromatic carbocycles. The molecule has 1 heterocycles. The molecular formula is C12H21NO2S. The van der Waals surface area contributed by atoms with Crippen molar-refractivity contribution in [1.82, 2.24) is 5.32 Å². The molecule has 4 heteroatoms. The summed E-state index contributed by atoms with van der Waals surface area (Å²) in [6, 6.07) is 2.45. The quantitative estimate of drug-likeness (QED) is 0.832. The molecule has 2 atom stereocenters. The summed E-state index contributed by atoms with van der Waals surface area (Å²) in [7, 11) is -0.693. The minimum atomic E-state index is -0.693. The first-order valence-electron chi connectivity index (χ1n) is 5.58. The average molecular weight is 243 g/mol. The number of furan rings is 1. The molecule has 0 spiro atoms. The van der Waals surface area contributed by atoms with E-state index >= 15 is 0 Å². The highest BCUT2D eigenvalue weighted by Gasteiger charge is 2.07. The molecule has 0 radical (unpaired) electrons. The van der Waals surface area contributed by atoms with Crippen molar-refractivity contribution in [3.8, 4) is 0 Å².